The SMILES string of the molecule is N=C(N)c1cccc(NC(C(=O)NCCCN2CCCCC2)c2ccccc2)c1. The van der Waals surface area contributed by atoms with Crippen LogP contribution in [0.4, 0.5) is 5.69 Å². The van der Waals surface area contributed by atoms with E-state index in [1.54, 1.807) is 12.1 Å². The highest BCUT2D eigenvalue weighted by Crippen LogP contribution is 2.21. The second-order valence-electron chi connectivity index (χ2n) is 7.53. The molecule has 1 aliphatic rings. The van der Waals surface area contributed by atoms with Crippen molar-refractivity contribution in [2.45, 2.75) is 31.7 Å². The first-order valence-corrected chi connectivity index (χ1v) is 10.4. The van der Waals surface area contributed by atoms with Crippen molar-refractivity contribution in [2.24, 2.45) is 5.73 Å². The van der Waals surface area contributed by atoms with Crippen molar-refractivity contribution in [1.29, 1.82) is 5.41 Å². The molecule has 5 N–H and O–H groups in total. The molecule has 1 heterocycles. The normalized spacial score (nSPS) is 15.4. The van der Waals surface area contributed by atoms with Crippen LogP contribution in [0, 0.1) is 5.41 Å². The van der Waals surface area contributed by atoms with Crippen LogP contribution in [0.5, 0.6) is 0 Å². The average molecular weight is 394 g/mol. The van der Waals surface area contributed by atoms with Gasteiger partial charge in [0.05, 0.1) is 0 Å². The third-order valence-corrected chi connectivity index (χ3v) is 5.28. The molecule has 6 nitrogen and oxygen atoms in total. The topological polar surface area (TPSA) is 94.2 Å². The minimum absolute atomic E-state index is 0.00655. The molecular weight excluding hydrogens is 362 g/mol. The van der Waals surface area contributed by atoms with Gasteiger partial charge in [-0.3, -0.25) is 10.2 Å². The van der Waals surface area contributed by atoms with Gasteiger partial charge in [0.25, 0.3) is 0 Å². The lowest BCUT2D eigenvalue weighted by Gasteiger charge is -2.26. The lowest BCUT2D eigenvalue weighted by molar-refractivity contribution is -0.122. The summed E-state index contributed by atoms with van der Waals surface area (Å²) in [5.41, 5.74) is 7.88. The molecule has 154 valence electrons. The number of piperidine rings is 1. The van der Waals surface area contributed by atoms with Crippen molar-refractivity contribution < 1.29 is 4.79 Å². The second-order valence-corrected chi connectivity index (χ2v) is 7.53. The van der Waals surface area contributed by atoms with Crippen molar-refractivity contribution in [1.82, 2.24) is 10.2 Å². The summed E-state index contributed by atoms with van der Waals surface area (Å²) in [6, 6.07) is 16.5. The monoisotopic (exact) mass is 393 g/mol. The van der Waals surface area contributed by atoms with Crippen LogP contribution in [-0.2, 0) is 4.79 Å². The molecule has 0 aliphatic carbocycles. The van der Waals surface area contributed by atoms with Crippen molar-refractivity contribution in [3.63, 3.8) is 0 Å². The summed E-state index contributed by atoms with van der Waals surface area (Å²) < 4.78 is 0. The van der Waals surface area contributed by atoms with Crippen LogP contribution in [0.3, 0.4) is 0 Å². The van der Waals surface area contributed by atoms with Crippen LogP contribution in [0.2, 0.25) is 0 Å². The summed E-state index contributed by atoms with van der Waals surface area (Å²) in [5.74, 6) is -0.0462. The van der Waals surface area contributed by atoms with E-state index in [2.05, 4.69) is 15.5 Å². The number of amidine groups is 1. The van der Waals surface area contributed by atoms with Crippen LogP contribution < -0.4 is 16.4 Å². The van der Waals surface area contributed by atoms with Crippen molar-refractivity contribution in [2.75, 3.05) is 31.5 Å². The van der Waals surface area contributed by atoms with Crippen molar-refractivity contribution in [3.05, 3.63) is 65.7 Å². The van der Waals surface area contributed by atoms with Crippen LogP contribution in [0.25, 0.3) is 0 Å². The highest BCUT2D eigenvalue weighted by molar-refractivity contribution is 5.96. The lowest BCUT2D eigenvalue weighted by Crippen LogP contribution is -2.36. The maximum atomic E-state index is 13.0. The molecule has 0 radical (unpaired) electrons. The predicted molar refractivity (Wildman–Crippen MR) is 118 cm³/mol. The summed E-state index contributed by atoms with van der Waals surface area (Å²) in [4.78, 5) is 15.4. The van der Waals surface area contributed by atoms with Crippen LogP contribution in [0.15, 0.2) is 54.6 Å². The number of likely N-dealkylation sites (tertiary alicyclic amines) is 1. The van der Waals surface area contributed by atoms with Gasteiger partial charge in [0.2, 0.25) is 5.91 Å². The number of nitrogens with two attached hydrogens (primary N) is 1. The van der Waals surface area contributed by atoms with Gasteiger partial charge in [-0.1, -0.05) is 48.9 Å². The molecule has 2 aromatic rings. The van der Waals surface area contributed by atoms with E-state index in [0.29, 0.717) is 12.1 Å². The zero-order valence-electron chi connectivity index (χ0n) is 16.9. The summed E-state index contributed by atoms with van der Waals surface area (Å²) in [6.45, 7) is 4.04. The Morgan fingerprint density at radius 1 is 1.07 bits per heavy atom. The van der Waals surface area contributed by atoms with E-state index in [0.717, 1.165) is 24.2 Å². The number of hydrogen-bond donors (Lipinski definition) is 4. The van der Waals surface area contributed by atoms with E-state index in [1.807, 2.05) is 42.5 Å². The summed E-state index contributed by atoms with van der Waals surface area (Å²) >= 11 is 0. The molecule has 0 saturated carbocycles. The Kier molecular flexibility index (Phi) is 7.64. The third kappa shape index (κ3) is 6.32. The molecule has 2 aromatic carbocycles. The van der Waals surface area contributed by atoms with E-state index in [-0.39, 0.29) is 11.7 Å². The van der Waals surface area contributed by atoms with E-state index in [1.165, 1.54) is 32.4 Å². The van der Waals surface area contributed by atoms with Gasteiger partial charge in [-0.05, 0) is 56.6 Å². The summed E-state index contributed by atoms with van der Waals surface area (Å²) in [5, 5.41) is 14.0. The number of carbonyl (C=O) groups excluding carboxylic acids is 1. The molecule has 0 spiro atoms. The van der Waals surface area contributed by atoms with Gasteiger partial charge in [-0.25, -0.2) is 0 Å². The number of benzene rings is 2. The quantitative estimate of drug-likeness (QED) is 0.299. The van der Waals surface area contributed by atoms with E-state index >= 15 is 0 Å². The smallest absolute Gasteiger partial charge is 0.247 e. The minimum atomic E-state index is -0.506. The zero-order valence-corrected chi connectivity index (χ0v) is 16.9. The highest BCUT2D eigenvalue weighted by atomic mass is 16.2. The predicted octanol–water partition coefficient (Wildman–Crippen LogP) is 3.12. The van der Waals surface area contributed by atoms with Crippen LogP contribution in [0.1, 0.15) is 42.9 Å². The molecule has 1 amide bonds. The highest BCUT2D eigenvalue weighted by Gasteiger charge is 2.20. The van der Waals surface area contributed by atoms with Gasteiger partial charge in [0, 0.05) is 17.8 Å². The molecule has 1 atom stereocenters. The fraction of sp³-hybridized carbons (Fsp3) is 0.391. The molecule has 1 saturated heterocycles. The standard InChI is InChI=1S/C23H31N5O/c24-22(25)19-11-7-12-20(17-19)27-21(18-9-3-1-4-10-18)23(29)26-13-8-16-28-14-5-2-6-15-28/h1,3-4,7,9-12,17,21,27H,2,5-6,8,13-16H2,(H3,24,25)(H,26,29). The first kappa shape index (κ1) is 20.9. The van der Waals surface area contributed by atoms with E-state index in [9.17, 15) is 4.79 Å². The number of anilines is 1. The lowest BCUT2D eigenvalue weighted by atomic mass is 10.0. The van der Waals surface area contributed by atoms with Gasteiger partial charge in [0.1, 0.15) is 11.9 Å². The molecule has 1 aliphatic heterocycles. The Labute approximate surface area is 173 Å². The number of rotatable bonds is 9. The van der Waals surface area contributed by atoms with E-state index in [4.69, 9.17) is 11.1 Å². The molecule has 0 bridgehead atoms. The first-order valence-electron chi connectivity index (χ1n) is 10.4. The molecule has 3 rings (SSSR count). The van der Waals surface area contributed by atoms with Gasteiger partial charge >= 0.3 is 0 Å². The van der Waals surface area contributed by atoms with Gasteiger partial charge in [-0.2, -0.15) is 0 Å². The maximum Gasteiger partial charge on any atom is 0.247 e. The zero-order chi connectivity index (χ0) is 20.5. The van der Waals surface area contributed by atoms with Gasteiger partial charge < -0.3 is 21.3 Å². The second kappa shape index (κ2) is 10.6. The molecule has 0 aromatic heterocycles. The fourth-order valence-corrected chi connectivity index (χ4v) is 3.69. The molecule has 1 unspecified atom stereocenters. The van der Waals surface area contributed by atoms with Gasteiger partial charge in [0.15, 0.2) is 0 Å². The average Bonchev–Trinajstić information content (AvgIpc) is 2.76. The number of carbonyl (C=O) groups is 1. The number of hydrogen-bond acceptors (Lipinski definition) is 4. The summed E-state index contributed by atoms with van der Waals surface area (Å²) in [6.07, 6.45) is 4.85. The van der Waals surface area contributed by atoms with Crippen molar-refractivity contribution >= 4 is 17.4 Å². The minimum Gasteiger partial charge on any atom is -0.384 e. The Balaban J connectivity index is 1.61. The van der Waals surface area contributed by atoms with Crippen LogP contribution >= 0.6 is 0 Å². The number of nitrogens with one attached hydrogen (secondary N) is 3. The molecular formula is C23H31N5O. The molecule has 6 heteroatoms. The van der Waals surface area contributed by atoms with Crippen molar-refractivity contribution in [3.8, 4) is 0 Å². The largest absolute Gasteiger partial charge is 0.384 e. The first-order chi connectivity index (χ1) is 14.1. The number of nitrogen functional groups attached to an aromatic ring is 1. The molecule has 1 fully saturated rings. The fourth-order valence-electron chi connectivity index (χ4n) is 3.69. The Bertz CT molecular complexity index is 802. The number of nitrogens with zero attached hydrogens (tertiary/aromatic N) is 1. The number of amides is 1. The Morgan fingerprint density at radius 3 is 2.55 bits per heavy atom. The Morgan fingerprint density at radius 2 is 1.83 bits per heavy atom. The summed E-state index contributed by atoms with van der Waals surface area (Å²) in [7, 11) is 0. The maximum absolute atomic E-state index is 13.0. The Hall–Kier alpha value is -2.86. The third-order valence-electron chi connectivity index (χ3n) is 5.28. The molecule has 29 heavy (non-hydrogen) atoms. The van der Waals surface area contributed by atoms with E-state index < -0.39 is 6.04 Å². The van der Waals surface area contributed by atoms with Crippen LogP contribution in [-0.4, -0.2) is 42.8 Å². The van der Waals surface area contributed by atoms with Gasteiger partial charge in [-0.15, -0.1) is 0 Å².